The summed E-state index contributed by atoms with van der Waals surface area (Å²) in [6.45, 7) is 4.61. The van der Waals surface area contributed by atoms with E-state index in [2.05, 4.69) is 21.3 Å². The van der Waals surface area contributed by atoms with Gasteiger partial charge in [-0.3, -0.25) is 9.59 Å². The predicted molar refractivity (Wildman–Crippen MR) is 171 cm³/mol. The highest BCUT2D eigenvalue weighted by Gasteiger charge is 2.33. The van der Waals surface area contributed by atoms with Gasteiger partial charge in [0, 0.05) is 50.1 Å². The molecule has 0 radical (unpaired) electrons. The third kappa shape index (κ3) is 9.06. The molecule has 3 aromatic carbocycles. The number of aliphatic hydroxyl groups is 2. The molecule has 0 bridgehead atoms. The van der Waals surface area contributed by atoms with E-state index < -0.39 is 17.0 Å². The van der Waals surface area contributed by atoms with Crippen LogP contribution in [0.5, 0.6) is 0 Å². The van der Waals surface area contributed by atoms with Gasteiger partial charge in [-0.15, -0.1) is 0 Å². The maximum Gasteiger partial charge on any atom is 0.314 e. The molecular weight excluding hydrogens is 578 g/mol. The lowest BCUT2D eigenvalue weighted by Gasteiger charge is -2.29. The molecule has 6 N–H and O–H groups in total. The summed E-state index contributed by atoms with van der Waals surface area (Å²) < 4.78 is 0. The number of carbonyl (C=O) groups is 3. The fourth-order valence-corrected chi connectivity index (χ4v) is 6.09. The molecule has 11 heteroatoms. The van der Waals surface area contributed by atoms with Crippen molar-refractivity contribution in [2.75, 3.05) is 20.2 Å². The molecule has 1 aliphatic heterocycles. The summed E-state index contributed by atoms with van der Waals surface area (Å²) in [4.78, 5) is 41.3. The first-order valence-corrected chi connectivity index (χ1v) is 15.5. The van der Waals surface area contributed by atoms with Crippen molar-refractivity contribution >= 4 is 29.6 Å². The maximum absolute atomic E-state index is 13.8. The van der Waals surface area contributed by atoms with Crippen LogP contribution in [0.1, 0.15) is 37.0 Å². The van der Waals surface area contributed by atoms with Crippen LogP contribution in [-0.2, 0) is 29.2 Å². The van der Waals surface area contributed by atoms with E-state index in [0.29, 0.717) is 19.6 Å². The van der Waals surface area contributed by atoms with Crippen LogP contribution >= 0.6 is 11.8 Å². The first-order chi connectivity index (χ1) is 21.1. The number of aliphatic hydroxyl groups excluding tert-OH is 2. The average Bonchev–Trinajstić information content (AvgIpc) is 3.14. The number of hydrogen-bond acceptors (Lipinski definition) is 7. The van der Waals surface area contributed by atoms with Gasteiger partial charge in [-0.05, 0) is 47.7 Å². The van der Waals surface area contributed by atoms with E-state index >= 15 is 0 Å². The van der Waals surface area contributed by atoms with Gasteiger partial charge in [-0.25, -0.2) is 4.79 Å². The van der Waals surface area contributed by atoms with Crippen molar-refractivity contribution < 1.29 is 24.6 Å². The number of fused-ring (bicyclic) bond motifs is 1. The molecular formula is C33H41N5O5S. The molecule has 1 heterocycles. The van der Waals surface area contributed by atoms with Crippen LogP contribution in [0.2, 0.25) is 0 Å². The molecule has 0 unspecified atom stereocenters. The third-order valence-electron chi connectivity index (χ3n) is 7.36. The van der Waals surface area contributed by atoms with Crippen molar-refractivity contribution in [2.45, 2.75) is 61.8 Å². The summed E-state index contributed by atoms with van der Waals surface area (Å²) >= 11 is 1.33. The number of rotatable bonds is 12. The Hall–Kier alpha value is -3.90. The van der Waals surface area contributed by atoms with Crippen LogP contribution in [-0.4, -0.2) is 70.2 Å². The number of carbonyl (C=O) groups excluding carboxylic acids is 3. The van der Waals surface area contributed by atoms with Crippen LogP contribution in [0.3, 0.4) is 0 Å². The van der Waals surface area contributed by atoms with Crippen molar-refractivity contribution in [2.24, 2.45) is 0 Å². The Bertz CT molecular complexity index is 1450. The second-order valence-electron chi connectivity index (χ2n) is 11.4. The number of urea groups is 1. The Morgan fingerprint density at radius 2 is 1.75 bits per heavy atom. The number of nitrogens with zero attached hydrogens (tertiary/aromatic N) is 1. The fourth-order valence-electron chi connectivity index (χ4n) is 4.95. The van der Waals surface area contributed by atoms with E-state index in [1.54, 1.807) is 11.9 Å². The van der Waals surface area contributed by atoms with E-state index in [4.69, 9.17) is 5.11 Å². The number of hydrogen-bond donors (Lipinski definition) is 6. The molecule has 0 spiro atoms. The number of thioether (sulfide) groups is 1. The number of benzene rings is 3. The van der Waals surface area contributed by atoms with Crippen molar-refractivity contribution in [1.29, 1.82) is 0 Å². The molecule has 10 nitrogen and oxygen atoms in total. The molecule has 0 saturated heterocycles. The highest BCUT2D eigenvalue weighted by atomic mass is 32.2. The van der Waals surface area contributed by atoms with E-state index in [1.165, 1.54) is 11.8 Å². The van der Waals surface area contributed by atoms with Gasteiger partial charge >= 0.3 is 6.03 Å². The van der Waals surface area contributed by atoms with Gasteiger partial charge in [0.2, 0.25) is 5.91 Å². The molecule has 0 saturated carbocycles. The van der Waals surface area contributed by atoms with Gasteiger partial charge in [-0.1, -0.05) is 78.5 Å². The van der Waals surface area contributed by atoms with E-state index in [1.807, 2.05) is 86.6 Å². The molecule has 0 aliphatic carbocycles. The molecule has 2 atom stereocenters. The van der Waals surface area contributed by atoms with Crippen LogP contribution < -0.4 is 21.3 Å². The van der Waals surface area contributed by atoms with Crippen molar-refractivity contribution in [1.82, 2.24) is 26.2 Å². The zero-order valence-electron chi connectivity index (χ0n) is 25.3. The van der Waals surface area contributed by atoms with Crippen molar-refractivity contribution in [3.63, 3.8) is 0 Å². The lowest BCUT2D eigenvalue weighted by atomic mass is 9.98. The lowest BCUT2D eigenvalue weighted by Crippen LogP contribution is -2.50. The topological polar surface area (TPSA) is 143 Å². The smallest absolute Gasteiger partial charge is 0.314 e. The van der Waals surface area contributed by atoms with Crippen LogP contribution in [0.4, 0.5) is 4.79 Å². The van der Waals surface area contributed by atoms with Gasteiger partial charge in [-0.2, -0.15) is 0 Å². The number of β-amino-alcohol motifs (C(OH)–C–C–N with tert-alkyl or cyclic N) is 1. The Labute approximate surface area is 262 Å². The lowest BCUT2D eigenvalue weighted by molar-refractivity contribution is -0.135. The van der Waals surface area contributed by atoms with E-state index in [0.717, 1.165) is 32.7 Å². The Balaban J connectivity index is 1.48. The van der Waals surface area contributed by atoms with Crippen molar-refractivity contribution in [3.8, 4) is 11.1 Å². The average molecular weight is 620 g/mol. The first kappa shape index (κ1) is 33.0. The second kappa shape index (κ2) is 15.2. The minimum Gasteiger partial charge on any atom is -0.394 e. The highest BCUT2D eigenvalue weighted by molar-refractivity contribution is 8.00. The summed E-state index contributed by atoms with van der Waals surface area (Å²) in [6, 6.07) is 23.5. The normalized spacial score (nSPS) is 15.6. The van der Waals surface area contributed by atoms with Crippen LogP contribution in [0.25, 0.3) is 11.1 Å². The summed E-state index contributed by atoms with van der Waals surface area (Å²) in [5.41, 5.74) is 4.30. The molecule has 234 valence electrons. The largest absolute Gasteiger partial charge is 0.394 e. The minimum atomic E-state index is -0.920. The zero-order chi connectivity index (χ0) is 31.7. The first-order valence-electron chi connectivity index (χ1n) is 14.6. The maximum atomic E-state index is 13.8. The van der Waals surface area contributed by atoms with Crippen LogP contribution in [0.15, 0.2) is 77.7 Å². The predicted octanol–water partition coefficient (Wildman–Crippen LogP) is 2.97. The second-order valence-corrected chi connectivity index (χ2v) is 12.6. The number of amides is 4. The molecule has 0 aromatic heterocycles. The van der Waals surface area contributed by atoms with Crippen LogP contribution in [0, 0.1) is 0 Å². The third-order valence-corrected chi connectivity index (χ3v) is 8.57. The molecule has 1 aliphatic rings. The molecule has 4 amide bonds. The Kier molecular flexibility index (Phi) is 11.4. The van der Waals surface area contributed by atoms with Gasteiger partial charge in [0.1, 0.15) is 0 Å². The van der Waals surface area contributed by atoms with Gasteiger partial charge < -0.3 is 36.4 Å². The fraction of sp³-hybridized carbons (Fsp3) is 0.364. The molecule has 3 aromatic rings. The van der Waals surface area contributed by atoms with Gasteiger partial charge in [0.25, 0.3) is 5.91 Å². The molecule has 0 fully saturated rings. The SMILES string of the molecule is CNC(=O)NCc1ccccc1-c1ccc(CN2Cc3ccccc3S[C@@H](NC(=O)CC(C)(C)NC[C@H](O)CO)C2=O)cc1. The standard InChI is InChI=1S/C33H41N5O5S/c1-33(2,36-18-26(40)21-39)16-29(41)37-30-31(42)38(20-25-9-5-7-11-28(25)44-30)19-22-12-14-23(15-13-22)27-10-6-4-8-24(27)17-35-32(43)34-3/h4-15,26,30,36,39-40H,16-21H2,1-3H3,(H,37,41)(H2,34,35,43)/t26-,30+/m0/s1. The Morgan fingerprint density at radius 1 is 1.05 bits per heavy atom. The minimum absolute atomic E-state index is 0.0821. The van der Waals surface area contributed by atoms with E-state index in [-0.39, 0.29) is 37.4 Å². The van der Waals surface area contributed by atoms with E-state index in [9.17, 15) is 19.5 Å². The van der Waals surface area contributed by atoms with Crippen molar-refractivity contribution in [3.05, 3.63) is 89.5 Å². The Morgan fingerprint density at radius 3 is 2.48 bits per heavy atom. The number of nitrogens with one attached hydrogen (secondary N) is 4. The highest BCUT2D eigenvalue weighted by Crippen LogP contribution is 2.33. The molecule has 4 rings (SSSR count). The van der Waals surface area contributed by atoms with Gasteiger partial charge in [0.15, 0.2) is 5.37 Å². The summed E-state index contributed by atoms with van der Waals surface area (Å²) in [6.07, 6.45) is -0.838. The molecule has 44 heavy (non-hydrogen) atoms. The quantitative estimate of drug-likeness (QED) is 0.183. The van der Waals surface area contributed by atoms with Gasteiger partial charge in [0.05, 0.1) is 12.7 Å². The summed E-state index contributed by atoms with van der Waals surface area (Å²) in [7, 11) is 1.58. The zero-order valence-corrected chi connectivity index (χ0v) is 26.1. The summed E-state index contributed by atoms with van der Waals surface area (Å²) in [5.74, 6) is -0.476. The summed E-state index contributed by atoms with van der Waals surface area (Å²) in [5, 5.41) is 29.4. The monoisotopic (exact) mass is 619 g/mol.